The number of para-hydroxylation sites is 2. The zero-order valence-corrected chi connectivity index (χ0v) is 17.6. The Hall–Kier alpha value is -3.73. The zero-order chi connectivity index (χ0) is 21.5. The third-order valence-corrected chi connectivity index (χ3v) is 6.06. The Labute approximate surface area is 180 Å². The van der Waals surface area contributed by atoms with Gasteiger partial charge in [-0.25, -0.2) is 4.98 Å². The molecule has 1 aliphatic rings. The molecule has 3 aromatic carbocycles. The minimum Gasteiger partial charge on any atom is -0.305 e. The van der Waals surface area contributed by atoms with Crippen LogP contribution in [0.4, 0.5) is 5.69 Å². The van der Waals surface area contributed by atoms with Crippen molar-refractivity contribution in [1.29, 1.82) is 0 Å². The van der Waals surface area contributed by atoms with E-state index in [1.165, 1.54) is 5.56 Å². The maximum absolute atomic E-state index is 13.4. The van der Waals surface area contributed by atoms with E-state index >= 15 is 0 Å². The van der Waals surface area contributed by atoms with Gasteiger partial charge in [0.25, 0.3) is 11.5 Å². The molecule has 1 aromatic heterocycles. The molecular weight excluding hydrogens is 386 g/mol. The van der Waals surface area contributed by atoms with Crippen molar-refractivity contribution in [2.45, 2.75) is 32.7 Å². The van der Waals surface area contributed by atoms with Gasteiger partial charge in [0, 0.05) is 17.3 Å². The molecule has 0 spiro atoms. The van der Waals surface area contributed by atoms with Gasteiger partial charge in [-0.05, 0) is 74.7 Å². The number of amides is 1. The van der Waals surface area contributed by atoms with Gasteiger partial charge in [-0.1, -0.05) is 30.3 Å². The minimum atomic E-state index is -0.110. The Balaban J connectivity index is 1.53. The summed E-state index contributed by atoms with van der Waals surface area (Å²) in [5.74, 6) is 0.591. The third-order valence-electron chi connectivity index (χ3n) is 6.06. The first-order chi connectivity index (χ1) is 15.0. The van der Waals surface area contributed by atoms with Crippen LogP contribution in [-0.4, -0.2) is 21.5 Å². The van der Waals surface area contributed by atoms with E-state index in [9.17, 15) is 9.59 Å². The predicted octanol–water partition coefficient (Wildman–Crippen LogP) is 4.68. The first-order valence-corrected chi connectivity index (χ1v) is 10.5. The smallest absolute Gasteiger partial charge is 0.265 e. The first-order valence-electron chi connectivity index (χ1n) is 10.5. The standard InChI is InChI=1S/C26H23N3O2/c1-17-11-12-19-7-3-6-10-24(19)28(17)25(30)20-13-15-21(16-14-20)29-18(2)27-23-9-5-4-8-22(23)26(29)31/h3-10,13-17H,11-12H2,1-2H3/t17-/m1/s1. The average Bonchev–Trinajstić information content (AvgIpc) is 2.79. The SMILES string of the molecule is Cc1nc2ccccc2c(=O)n1-c1ccc(C(=O)N2c3ccccc3CC[C@H]2C)cc1. The van der Waals surface area contributed by atoms with Gasteiger partial charge in [0.05, 0.1) is 16.6 Å². The lowest BCUT2D eigenvalue weighted by molar-refractivity contribution is 0.0975. The van der Waals surface area contributed by atoms with E-state index in [2.05, 4.69) is 18.0 Å². The molecule has 31 heavy (non-hydrogen) atoms. The van der Waals surface area contributed by atoms with E-state index in [0.717, 1.165) is 18.5 Å². The number of benzene rings is 3. The van der Waals surface area contributed by atoms with Crippen LogP contribution in [0, 0.1) is 6.92 Å². The molecule has 0 radical (unpaired) electrons. The molecule has 1 atom stereocenters. The van der Waals surface area contributed by atoms with Gasteiger partial charge in [-0.15, -0.1) is 0 Å². The van der Waals surface area contributed by atoms with Gasteiger partial charge >= 0.3 is 0 Å². The summed E-state index contributed by atoms with van der Waals surface area (Å²) < 4.78 is 1.59. The third kappa shape index (κ3) is 3.22. The average molecular weight is 409 g/mol. The van der Waals surface area contributed by atoms with Gasteiger partial charge in [-0.2, -0.15) is 0 Å². The van der Waals surface area contributed by atoms with Crippen LogP contribution >= 0.6 is 0 Å². The number of carbonyl (C=O) groups is 1. The summed E-state index contributed by atoms with van der Waals surface area (Å²) in [7, 11) is 0. The molecule has 0 saturated heterocycles. The number of fused-ring (bicyclic) bond motifs is 2. The summed E-state index contributed by atoms with van der Waals surface area (Å²) in [5, 5.41) is 0.576. The largest absolute Gasteiger partial charge is 0.305 e. The summed E-state index contributed by atoms with van der Waals surface area (Å²) in [5.41, 5.74) is 4.07. The Morgan fingerprint density at radius 1 is 0.968 bits per heavy atom. The van der Waals surface area contributed by atoms with Gasteiger partial charge in [0.15, 0.2) is 0 Å². The maximum atomic E-state index is 13.4. The van der Waals surface area contributed by atoms with Crippen LogP contribution < -0.4 is 10.5 Å². The van der Waals surface area contributed by atoms with Gasteiger partial charge in [0.1, 0.15) is 5.82 Å². The van der Waals surface area contributed by atoms with E-state index in [1.54, 1.807) is 22.8 Å². The molecule has 0 N–H and O–H groups in total. The van der Waals surface area contributed by atoms with Crippen molar-refractivity contribution in [3.8, 4) is 5.69 Å². The number of hydrogen-bond donors (Lipinski definition) is 0. The number of nitrogens with zero attached hydrogens (tertiary/aromatic N) is 3. The minimum absolute atomic E-state index is 0.0214. The number of carbonyl (C=O) groups excluding carboxylic acids is 1. The predicted molar refractivity (Wildman–Crippen MR) is 123 cm³/mol. The van der Waals surface area contributed by atoms with Gasteiger partial charge < -0.3 is 4.90 Å². The van der Waals surface area contributed by atoms with Crippen molar-refractivity contribution in [3.63, 3.8) is 0 Å². The highest BCUT2D eigenvalue weighted by atomic mass is 16.2. The summed E-state index contributed by atoms with van der Waals surface area (Å²) in [6, 6.07) is 22.8. The van der Waals surface area contributed by atoms with Gasteiger partial charge in [0.2, 0.25) is 0 Å². The summed E-state index contributed by atoms with van der Waals surface area (Å²) in [6.45, 7) is 3.91. The summed E-state index contributed by atoms with van der Waals surface area (Å²) in [4.78, 5) is 32.9. The Morgan fingerprint density at radius 2 is 1.68 bits per heavy atom. The fourth-order valence-corrected chi connectivity index (χ4v) is 4.44. The second kappa shape index (κ2) is 7.51. The molecule has 5 heteroatoms. The molecule has 0 fully saturated rings. The molecule has 0 saturated carbocycles. The van der Waals surface area contributed by atoms with Crippen LogP contribution in [0.25, 0.3) is 16.6 Å². The van der Waals surface area contributed by atoms with Crippen LogP contribution in [0.3, 0.4) is 0 Å². The van der Waals surface area contributed by atoms with Crippen molar-refractivity contribution >= 4 is 22.5 Å². The normalized spacial score (nSPS) is 15.7. The first kappa shape index (κ1) is 19.2. The Morgan fingerprint density at radius 3 is 2.48 bits per heavy atom. The van der Waals surface area contributed by atoms with Crippen LogP contribution in [-0.2, 0) is 6.42 Å². The fourth-order valence-electron chi connectivity index (χ4n) is 4.44. The Bertz CT molecular complexity index is 1360. The summed E-state index contributed by atoms with van der Waals surface area (Å²) in [6.07, 6.45) is 1.93. The Kier molecular flexibility index (Phi) is 4.66. The number of hydrogen-bond acceptors (Lipinski definition) is 3. The van der Waals surface area contributed by atoms with E-state index in [1.807, 2.05) is 60.4 Å². The molecule has 1 amide bonds. The fraction of sp³-hybridized carbons (Fsp3) is 0.192. The monoisotopic (exact) mass is 409 g/mol. The highest BCUT2D eigenvalue weighted by Gasteiger charge is 2.28. The topological polar surface area (TPSA) is 55.2 Å². The lowest BCUT2D eigenvalue weighted by atomic mass is 9.95. The lowest BCUT2D eigenvalue weighted by Gasteiger charge is -2.35. The van der Waals surface area contributed by atoms with Crippen molar-refractivity contribution in [2.24, 2.45) is 0 Å². The zero-order valence-electron chi connectivity index (χ0n) is 17.6. The van der Waals surface area contributed by atoms with E-state index in [4.69, 9.17) is 0 Å². The van der Waals surface area contributed by atoms with Crippen molar-refractivity contribution in [3.05, 3.63) is 100 Å². The molecule has 0 aliphatic carbocycles. The molecule has 1 aliphatic heterocycles. The molecule has 5 nitrogen and oxygen atoms in total. The van der Waals surface area contributed by atoms with Crippen molar-refractivity contribution in [2.75, 3.05) is 4.90 Å². The van der Waals surface area contributed by atoms with E-state index in [-0.39, 0.29) is 17.5 Å². The van der Waals surface area contributed by atoms with Crippen LogP contribution in [0.5, 0.6) is 0 Å². The number of aromatic nitrogens is 2. The second-order valence-corrected chi connectivity index (χ2v) is 8.06. The molecule has 0 bridgehead atoms. The maximum Gasteiger partial charge on any atom is 0.265 e. The summed E-state index contributed by atoms with van der Waals surface area (Å²) >= 11 is 0. The number of rotatable bonds is 2. The van der Waals surface area contributed by atoms with Crippen LogP contribution in [0.15, 0.2) is 77.6 Å². The van der Waals surface area contributed by atoms with Crippen molar-refractivity contribution < 1.29 is 4.79 Å². The number of anilines is 1. The van der Waals surface area contributed by atoms with Gasteiger partial charge in [-0.3, -0.25) is 14.2 Å². The molecule has 5 rings (SSSR count). The lowest BCUT2D eigenvalue weighted by Crippen LogP contribution is -2.42. The molecule has 2 heterocycles. The highest BCUT2D eigenvalue weighted by Crippen LogP contribution is 2.31. The molecule has 154 valence electrons. The van der Waals surface area contributed by atoms with Crippen LogP contribution in [0.1, 0.15) is 35.1 Å². The molecule has 4 aromatic rings. The van der Waals surface area contributed by atoms with Crippen LogP contribution in [0.2, 0.25) is 0 Å². The molecule has 0 unspecified atom stereocenters. The van der Waals surface area contributed by atoms with Crippen molar-refractivity contribution in [1.82, 2.24) is 9.55 Å². The number of aryl methyl sites for hydroxylation is 2. The molecular formula is C26H23N3O2. The van der Waals surface area contributed by atoms with E-state index < -0.39 is 0 Å². The quantitative estimate of drug-likeness (QED) is 0.483. The van der Waals surface area contributed by atoms with E-state index in [0.29, 0.717) is 28.0 Å². The highest BCUT2D eigenvalue weighted by molar-refractivity contribution is 6.07. The second-order valence-electron chi connectivity index (χ2n) is 8.06.